The third kappa shape index (κ3) is 3.62. The lowest BCUT2D eigenvalue weighted by atomic mass is 10.1. The van der Waals surface area contributed by atoms with E-state index < -0.39 is 11.9 Å². The minimum Gasteiger partial charge on any atom is -0.370 e. The van der Waals surface area contributed by atoms with Crippen LogP contribution in [0.4, 0.5) is 19.4 Å². The zero-order valence-electron chi connectivity index (χ0n) is 12.2. The minimum atomic E-state index is -0.517. The largest absolute Gasteiger partial charge is 0.370 e. The van der Waals surface area contributed by atoms with Crippen molar-refractivity contribution in [2.45, 2.75) is 6.10 Å². The number of carbonyl (C=O) groups excluding carboxylic acids is 1. The first-order valence-corrected chi connectivity index (χ1v) is 7.17. The molecule has 0 unspecified atom stereocenters. The number of anilines is 1. The fourth-order valence-corrected chi connectivity index (χ4v) is 2.40. The van der Waals surface area contributed by atoms with Gasteiger partial charge in [0.15, 0.2) is 0 Å². The first-order chi connectivity index (χ1) is 11.1. The number of aromatic nitrogens is 1. The number of hydrogen-bond acceptors (Lipinski definition) is 3. The molecule has 1 aliphatic heterocycles. The second-order valence-electron chi connectivity index (χ2n) is 5.12. The molecule has 1 aromatic carbocycles. The van der Waals surface area contributed by atoms with Gasteiger partial charge >= 0.3 is 6.03 Å². The molecule has 0 bridgehead atoms. The van der Waals surface area contributed by atoms with Crippen LogP contribution in [-0.4, -0.2) is 35.6 Å². The van der Waals surface area contributed by atoms with Gasteiger partial charge in [-0.05, 0) is 18.2 Å². The summed E-state index contributed by atoms with van der Waals surface area (Å²) in [5.74, 6) is -0.584. The Morgan fingerprint density at radius 3 is 2.83 bits per heavy atom. The molecule has 1 aromatic heterocycles. The summed E-state index contributed by atoms with van der Waals surface area (Å²) in [4.78, 5) is 17.5. The SMILES string of the molecule is O=C(Nc1ccc(F)cn1)N1CCO[C@H](c2ccccc2F)C1. The number of nitrogens with zero attached hydrogens (tertiary/aromatic N) is 2. The summed E-state index contributed by atoms with van der Waals surface area (Å²) < 4.78 is 32.2. The fraction of sp³-hybridized carbons (Fsp3) is 0.250. The number of amides is 2. The van der Waals surface area contributed by atoms with Gasteiger partial charge in [0.2, 0.25) is 0 Å². The monoisotopic (exact) mass is 319 g/mol. The highest BCUT2D eigenvalue weighted by Gasteiger charge is 2.27. The van der Waals surface area contributed by atoms with E-state index in [-0.39, 0.29) is 24.2 Å². The summed E-state index contributed by atoms with van der Waals surface area (Å²) in [6.07, 6.45) is 0.508. The van der Waals surface area contributed by atoms with E-state index in [1.807, 2.05) is 0 Å². The predicted molar refractivity (Wildman–Crippen MR) is 79.9 cm³/mol. The van der Waals surface area contributed by atoms with Crippen molar-refractivity contribution < 1.29 is 18.3 Å². The maximum atomic E-state index is 13.8. The van der Waals surface area contributed by atoms with Crippen molar-refractivity contribution in [3.63, 3.8) is 0 Å². The molecule has 7 heteroatoms. The van der Waals surface area contributed by atoms with Crippen molar-refractivity contribution in [2.75, 3.05) is 25.0 Å². The molecular weight excluding hydrogens is 304 g/mol. The Kier molecular flexibility index (Phi) is 4.47. The Morgan fingerprint density at radius 1 is 1.26 bits per heavy atom. The number of morpholine rings is 1. The summed E-state index contributed by atoms with van der Waals surface area (Å²) in [6, 6.07) is 8.54. The fourth-order valence-electron chi connectivity index (χ4n) is 2.40. The first kappa shape index (κ1) is 15.4. The van der Waals surface area contributed by atoms with E-state index in [0.717, 1.165) is 6.20 Å². The van der Waals surface area contributed by atoms with E-state index in [1.165, 1.54) is 23.1 Å². The third-order valence-corrected chi connectivity index (χ3v) is 3.57. The van der Waals surface area contributed by atoms with Gasteiger partial charge in [-0.15, -0.1) is 0 Å². The summed E-state index contributed by atoms with van der Waals surface area (Å²) >= 11 is 0. The summed E-state index contributed by atoms with van der Waals surface area (Å²) in [5, 5.41) is 2.59. The van der Waals surface area contributed by atoms with E-state index in [0.29, 0.717) is 18.7 Å². The van der Waals surface area contributed by atoms with Crippen LogP contribution in [0.25, 0.3) is 0 Å². The second-order valence-corrected chi connectivity index (χ2v) is 5.12. The lowest BCUT2D eigenvalue weighted by Gasteiger charge is -2.33. The molecule has 0 spiro atoms. The molecule has 2 heterocycles. The van der Waals surface area contributed by atoms with Crippen LogP contribution in [-0.2, 0) is 4.74 Å². The van der Waals surface area contributed by atoms with Gasteiger partial charge in [-0.25, -0.2) is 18.6 Å². The van der Waals surface area contributed by atoms with E-state index in [2.05, 4.69) is 10.3 Å². The number of pyridine rings is 1. The van der Waals surface area contributed by atoms with Crippen LogP contribution in [0, 0.1) is 11.6 Å². The van der Waals surface area contributed by atoms with Gasteiger partial charge in [0.1, 0.15) is 23.6 Å². The Hall–Kier alpha value is -2.54. The van der Waals surface area contributed by atoms with E-state index >= 15 is 0 Å². The number of urea groups is 1. The van der Waals surface area contributed by atoms with E-state index in [4.69, 9.17) is 4.74 Å². The molecular formula is C16H15F2N3O2. The van der Waals surface area contributed by atoms with E-state index in [9.17, 15) is 13.6 Å². The number of rotatable bonds is 2. The van der Waals surface area contributed by atoms with Crippen molar-refractivity contribution in [3.05, 3.63) is 59.8 Å². The van der Waals surface area contributed by atoms with Gasteiger partial charge in [-0.3, -0.25) is 5.32 Å². The number of carbonyl (C=O) groups is 1. The van der Waals surface area contributed by atoms with Crippen molar-refractivity contribution in [3.8, 4) is 0 Å². The average molecular weight is 319 g/mol. The summed E-state index contributed by atoms with van der Waals surface area (Å²) in [7, 11) is 0. The van der Waals surface area contributed by atoms with Crippen LogP contribution in [0.3, 0.4) is 0 Å². The molecule has 1 saturated heterocycles. The Labute approximate surface area is 131 Å². The molecule has 1 N–H and O–H groups in total. The highest BCUT2D eigenvalue weighted by atomic mass is 19.1. The number of nitrogens with one attached hydrogen (secondary N) is 1. The maximum Gasteiger partial charge on any atom is 0.323 e. The molecule has 0 radical (unpaired) electrons. The topological polar surface area (TPSA) is 54.5 Å². The van der Waals surface area contributed by atoms with Gasteiger partial charge in [-0.1, -0.05) is 18.2 Å². The number of benzene rings is 1. The van der Waals surface area contributed by atoms with E-state index in [1.54, 1.807) is 18.2 Å². The minimum absolute atomic E-state index is 0.230. The third-order valence-electron chi connectivity index (χ3n) is 3.57. The van der Waals surface area contributed by atoms with Crippen LogP contribution >= 0.6 is 0 Å². The predicted octanol–water partition coefficient (Wildman–Crippen LogP) is 2.97. The van der Waals surface area contributed by atoms with Gasteiger partial charge in [0, 0.05) is 12.1 Å². The molecule has 1 atom stereocenters. The molecule has 0 aliphatic carbocycles. The zero-order valence-corrected chi connectivity index (χ0v) is 12.2. The zero-order chi connectivity index (χ0) is 16.2. The number of halogens is 2. The molecule has 1 fully saturated rings. The lowest BCUT2D eigenvalue weighted by molar-refractivity contribution is -0.0152. The normalized spacial score (nSPS) is 17.8. The molecule has 1 aliphatic rings. The summed E-state index contributed by atoms with van der Waals surface area (Å²) in [6.45, 7) is 0.926. The second kappa shape index (κ2) is 6.70. The summed E-state index contributed by atoms with van der Waals surface area (Å²) in [5.41, 5.74) is 0.421. The van der Waals surface area contributed by atoms with Gasteiger partial charge < -0.3 is 9.64 Å². The van der Waals surface area contributed by atoms with Gasteiger partial charge in [0.05, 0.1) is 19.3 Å². The Morgan fingerprint density at radius 2 is 2.09 bits per heavy atom. The maximum absolute atomic E-state index is 13.8. The van der Waals surface area contributed by atoms with Gasteiger partial charge in [-0.2, -0.15) is 0 Å². The number of ether oxygens (including phenoxy) is 1. The van der Waals surface area contributed by atoms with Gasteiger partial charge in [0.25, 0.3) is 0 Å². The quantitative estimate of drug-likeness (QED) is 0.926. The molecule has 3 rings (SSSR count). The lowest BCUT2D eigenvalue weighted by Crippen LogP contribution is -2.44. The van der Waals surface area contributed by atoms with Crippen molar-refractivity contribution in [2.24, 2.45) is 0 Å². The van der Waals surface area contributed by atoms with Crippen LogP contribution in [0.1, 0.15) is 11.7 Å². The first-order valence-electron chi connectivity index (χ1n) is 7.17. The van der Waals surface area contributed by atoms with Crippen molar-refractivity contribution in [1.29, 1.82) is 0 Å². The highest BCUT2D eigenvalue weighted by molar-refractivity contribution is 5.88. The Bertz CT molecular complexity index is 694. The molecule has 2 amide bonds. The van der Waals surface area contributed by atoms with Crippen molar-refractivity contribution in [1.82, 2.24) is 9.88 Å². The smallest absolute Gasteiger partial charge is 0.323 e. The molecule has 120 valence electrons. The van der Waals surface area contributed by atoms with Crippen LogP contribution in [0.5, 0.6) is 0 Å². The number of hydrogen-bond donors (Lipinski definition) is 1. The average Bonchev–Trinajstić information content (AvgIpc) is 2.57. The molecule has 2 aromatic rings. The van der Waals surface area contributed by atoms with Crippen LogP contribution in [0.15, 0.2) is 42.6 Å². The standard InChI is InChI=1S/C16H15F2N3O2/c17-11-5-6-15(19-9-11)20-16(22)21-7-8-23-14(10-21)12-3-1-2-4-13(12)18/h1-6,9,14H,7-8,10H2,(H,19,20,22)/t14-/m0/s1. The molecule has 23 heavy (non-hydrogen) atoms. The van der Waals surface area contributed by atoms with Crippen LogP contribution < -0.4 is 5.32 Å². The van der Waals surface area contributed by atoms with Crippen molar-refractivity contribution >= 4 is 11.8 Å². The highest BCUT2D eigenvalue weighted by Crippen LogP contribution is 2.24. The van der Waals surface area contributed by atoms with Crippen LogP contribution in [0.2, 0.25) is 0 Å². The molecule has 5 nitrogen and oxygen atoms in total. The Balaban J connectivity index is 1.67. The molecule has 0 saturated carbocycles.